The van der Waals surface area contributed by atoms with E-state index in [1.807, 2.05) is 0 Å². The minimum atomic E-state index is -0.0962. The summed E-state index contributed by atoms with van der Waals surface area (Å²) in [5.41, 5.74) is 0. The van der Waals surface area contributed by atoms with Crippen molar-refractivity contribution in [3.05, 3.63) is 36.5 Å². The Kier molecular flexibility index (Phi) is 24.5. The zero-order valence-corrected chi connectivity index (χ0v) is 19.9. The monoisotopic (exact) mass is 404 g/mol. The molecule has 0 bridgehead atoms. The van der Waals surface area contributed by atoms with Gasteiger partial charge in [-0.15, -0.1) is 0 Å². The van der Waals surface area contributed by atoms with Gasteiger partial charge in [-0.2, -0.15) is 0 Å². The van der Waals surface area contributed by atoms with Crippen molar-refractivity contribution in [2.24, 2.45) is 0 Å². The molecule has 1 heteroatoms. The molecule has 170 valence electrons. The Morgan fingerprint density at radius 3 is 1.52 bits per heavy atom. The molecule has 0 rings (SSSR count). The Hall–Kier alpha value is -0.820. The first-order valence-electron chi connectivity index (χ1n) is 12.9. The molecule has 1 nitrogen and oxygen atoms in total. The summed E-state index contributed by atoms with van der Waals surface area (Å²) in [4.78, 5) is 0. The molecule has 0 aliphatic carbocycles. The Bertz CT molecular complexity index is 380. The molecule has 29 heavy (non-hydrogen) atoms. The van der Waals surface area contributed by atoms with Crippen molar-refractivity contribution in [1.29, 1.82) is 0 Å². The van der Waals surface area contributed by atoms with Crippen molar-refractivity contribution < 1.29 is 5.11 Å². The fourth-order valence-corrected chi connectivity index (χ4v) is 3.55. The van der Waals surface area contributed by atoms with Crippen LogP contribution in [0.2, 0.25) is 0 Å². The van der Waals surface area contributed by atoms with E-state index in [4.69, 9.17) is 0 Å². The lowest BCUT2D eigenvalue weighted by atomic mass is 10.0. The first-order chi connectivity index (χ1) is 14.3. The molecule has 0 spiro atoms. The number of aliphatic hydroxyl groups excluding tert-OH is 1. The lowest BCUT2D eigenvalue weighted by molar-refractivity contribution is 0.152. The lowest BCUT2D eigenvalue weighted by Crippen LogP contribution is -2.05. The zero-order valence-electron chi connectivity index (χ0n) is 19.9. The summed E-state index contributed by atoms with van der Waals surface area (Å²) in [5, 5.41) is 10.1. The minimum Gasteiger partial charge on any atom is -0.393 e. The number of hydrogen-bond acceptors (Lipinski definition) is 1. The van der Waals surface area contributed by atoms with Crippen molar-refractivity contribution in [3.63, 3.8) is 0 Å². The van der Waals surface area contributed by atoms with Crippen LogP contribution in [0.3, 0.4) is 0 Å². The van der Waals surface area contributed by atoms with Gasteiger partial charge in [0, 0.05) is 0 Å². The van der Waals surface area contributed by atoms with Gasteiger partial charge in [-0.25, -0.2) is 0 Å². The molecular weight excluding hydrogens is 352 g/mol. The maximum Gasteiger partial charge on any atom is 0.0543 e. The highest BCUT2D eigenvalue weighted by Gasteiger charge is 2.02. The van der Waals surface area contributed by atoms with Gasteiger partial charge in [0.1, 0.15) is 0 Å². The summed E-state index contributed by atoms with van der Waals surface area (Å²) < 4.78 is 0. The van der Waals surface area contributed by atoms with Crippen LogP contribution in [0.5, 0.6) is 0 Å². The van der Waals surface area contributed by atoms with Gasteiger partial charge in [-0.05, 0) is 64.2 Å². The van der Waals surface area contributed by atoms with Crippen LogP contribution in [-0.2, 0) is 0 Å². The number of allylic oxidation sites excluding steroid dienone is 6. The van der Waals surface area contributed by atoms with Gasteiger partial charge in [-0.1, -0.05) is 108 Å². The van der Waals surface area contributed by atoms with Gasteiger partial charge < -0.3 is 5.11 Å². The quantitative estimate of drug-likeness (QED) is 0.141. The van der Waals surface area contributed by atoms with Gasteiger partial charge >= 0.3 is 0 Å². The Morgan fingerprint density at radius 2 is 0.931 bits per heavy atom. The molecule has 1 unspecified atom stereocenters. The second-order valence-electron chi connectivity index (χ2n) is 8.57. The summed E-state index contributed by atoms with van der Waals surface area (Å²) in [6, 6.07) is 0. The molecule has 1 N–H and O–H groups in total. The first kappa shape index (κ1) is 28.2. The Morgan fingerprint density at radius 1 is 0.483 bits per heavy atom. The van der Waals surface area contributed by atoms with E-state index in [2.05, 4.69) is 50.3 Å². The fraction of sp³-hybridized carbons (Fsp3) is 0.786. The molecular formula is C28H52O. The molecule has 0 saturated carbocycles. The molecule has 1 atom stereocenters. The van der Waals surface area contributed by atoms with E-state index in [1.165, 1.54) is 96.3 Å². The number of hydrogen-bond donors (Lipinski definition) is 1. The van der Waals surface area contributed by atoms with Crippen molar-refractivity contribution in [2.45, 2.75) is 142 Å². The maximum atomic E-state index is 10.1. The van der Waals surface area contributed by atoms with Crippen LogP contribution < -0.4 is 0 Å². The van der Waals surface area contributed by atoms with E-state index in [-0.39, 0.29) is 6.10 Å². The molecule has 0 fully saturated rings. The van der Waals surface area contributed by atoms with Gasteiger partial charge in [0.2, 0.25) is 0 Å². The van der Waals surface area contributed by atoms with Crippen LogP contribution in [0.15, 0.2) is 36.5 Å². The fourth-order valence-electron chi connectivity index (χ4n) is 3.55. The Balaban J connectivity index is 3.28. The van der Waals surface area contributed by atoms with E-state index >= 15 is 0 Å². The normalized spacial score (nSPS) is 13.3. The topological polar surface area (TPSA) is 20.2 Å². The van der Waals surface area contributed by atoms with Crippen LogP contribution in [0, 0.1) is 0 Å². The molecule has 0 aliphatic rings. The lowest BCUT2D eigenvalue weighted by Gasteiger charge is -2.08. The van der Waals surface area contributed by atoms with Crippen LogP contribution in [0.4, 0.5) is 0 Å². The Labute approximate surface area is 183 Å². The summed E-state index contributed by atoms with van der Waals surface area (Å²) in [5.74, 6) is 0. The maximum absolute atomic E-state index is 10.1. The summed E-state index contributed by atoms with van der Waals surface area (Å²) in [6.07, 6.45) is 37.3. The molecule has 0 saturated heterocycles. The standard InChI is InChI=1S/C28H52O/c1-3-5-7-9-11-12-13-14-15-16-17-18-19-21-23-25-27-28(29)26-24-22-20-10-8-6-4-2/h11-12,14-15,20,22,28-29H,3-10,13,16-19,21,23-27H2,1-2H3/b12-11-,15-14-,22-20-. The van der Waals surface area contributed by atoms with Crippen molar-refractivity contribution in [3.8, 4) is 0 Å². The number of rotatable bonds is 22. The third-order valence-electron chi connectivity index (χ3n) is 5.55. The smallest absolute Gasteiger partial charge is 0.0543 e. The molecule has 0 amide bonds. The van der Waals surface area contributed by atoms with Crippen molar-refractivity contribution >= 4 is 0 Å². The average molecular weight is 405 g/mol. The van der Waals surface area contributed by atoms with Gasteiger partial charge in [-0.3, -0.25) is 0 Å². The summed E-state index contributed by atoms with van der Waals surface area (Å²) in [7, 11) is 0. The molecule has 0 aliphatic heterocycles. The molecule has 0 radical (unpaired) electrons. The van der Waals surface area contributed by atoms with Crippen LogP contribution in [-0.4, -0.2) is 11.2 Å². The zero-order chi connectivity index (χ0) is 21.3. The van der Waals surface area contributed by atoms with E-state index in [0.717, 1.165) is 25.7 Å². The first-order valence-corrected chi connectivity index (χ1v) is 12.9. The van der Waals surface area contributed by atoms with E-state index in [9.17, 15) is 5.11 Å². The third-order valence-corrected chi connectivity index (χ3v) is 5.55. The second kappa shape index (κ2) is 25.2. The van der Waals surface area contributed by atoms with Gasteiger partial charge in [0.25, 0.3) is 0 Å². The molecule has 0 aromatic rings. The number of aliphatic hydroxyl groups is 1. The van der Waals surface area contributed by atoms with Crippen LogP contribution in [0.1, 0.15) is 136 Å². The SMILES string of the molecule is CCCCC/C=C\C/C=C\CCCCCCCCC(O)CC/C=C\CCCCC. The highest BCUT2D eigenvalue weighted by molar-refractivity contribution is 4.92. The van der Waals surface area contributed by atoms with Crippen molar-refractivity contribution in [2.75, 3.05) is 0 Å². The van der Waals surface area contributed by atoms with Crippen LogP contribution in [0.25, 0.3) is 0 Å². The molecule has 0 aromatic carbocycles. The predicted octanol–water partition coefficient (Wildman–Crippen LogP) is 9.47. The molecule has 0 heterocycles. The van der Waals surface area contributed by atoms with E-state index in [1.54, 1.807) is 0 Å². The summed E-state index contributed by atoms with van der Waals surface area (Å²) >= 11 is 0. The molecule has 0 aromatic heterocycles. The second-order valence-corrected chi connectivity index (χ2v) is 8.57. The largest absolute Gasteiger partial charge is 0.393 e. The van der Waals surface area contributed by atoms with E-state index < -0.39 is 0 Å². The van der Waals surface area contributed by atoms with Gasteiger partial charge in [0.05, 0.1) is 6.10 Å². The minimum absolute atomic E-state index is 0.0962. The van der Waals surface area contributed by atoms with E-state index in [0.29, 0.717) is 0 Å². The number of unbranched alkanes of at least 4 members (excludes halogenated alkanes) is 12. The average Bonchev–Trinajstić information content (AvgIpc) is 2.72. The highest BCUT2D eigenvalue weighted by Crippen LogP contribution is 2.13. The van der Waals surface area contributed by atoms with Gasteiger partial charge in [0.15, 0.2) is 0 Å². The van der Waals surface area contributed by atoms with Crippen LogP contribution >= 0.6 is 0 Å². The predicted molar refractivity (Wildman–Crippen MR) is 132 cm³/mol. The highest BCUT2D eigenvalue weighted by atomic mass is 16.3. The summed E-state index contributed by atoms with van der Waals surface area (Å²) in [6.45, 7) is 4.50. The van der Waals surface area contributed by atoms with Crippen molar-refractivity contribution in [1.82, 2.24) is 0 Å². The third kappa shape index (κ3) is 25.1.